The lowest BCUT2D eigenvalue weighted by Gasteiger charge is -2.40. The van der Waals surface area contributed by atoms with E-state index >= 15 is 0 Å². The molecule has 0 spiro atoms. The van der Waals surface area contributed by atoms with Crippen molar-refractivity contribution in [2.75, 3.05) is 26.2 Å². The van der Waals surface area contributed by atoms with Crippen LogP contribution in [0.1, 0.15) is 58.3 Å². The first kappa shape index (κ1) is 35.4. The van der Waals surface area contributed by atoms with Crippen LogP contribution in [0.25, 0.3) is 0 Å². The predicted octanol–water partition coefficient (Wildman–Crippen LogP) is -2.01. The molecule has 2 aliphatic rings. The van der Waals surface area contributed by atoms with Crippen LogP contribution in [-0.2, 0) is 14.3 Å². The van der Waals surface area contributed by atoms with Crippen molar-refractivity contribution in [1.82, 2.24) is 9.63 Å². The maximum Gasteiger partial charge on any atom is 0.333 e. The van der Waals surface area contributed by atoms with E-state index in [1.807, 2.05) is 0 Å². The van der Waals surface area contributed by atoms with Crippen LogP contribution in [0.3, 0.4) is 0 Å². The van der Waals surface area contributed by atoms with Gasteiger partial charge in [-0.1, -0.05) is 6.42 Å². The number of aromatic nitrogens is 1. The summed E-state index contributed by atoms with van der Waals surface area (Å²) in [6.07, 6.45) is -6.74. The average Bonchev–Trinajstić information content (AvgIpc) is 3.30. The number of hydrogen-bond donors (Lipinski definition) is 9. The van der Waals surface area contributed by atoms with Gasteiger partial charge in [0.05, 0.1) is 24.9 Å². The van der Waals surface area contributed by atoms with Crippen LogP contribution in [0.5, 0.6) is 11.8 Å². The Kier molecular flexibility index (Phi) is 13.9. The van der Waals surface area contributed by atoms with E-state index in [1.54, 1.807) is 6.92 Å². The number of aliphatic hydroxyl groups excluding tert-OH is 7. The number of nitrogens with zero attached hydrogens (tertiary/aromatic N) is 2. The predicted molar refractivity (Wildman–Crippen MR) is 149 cm³/mol. The van der Waals surface area contributed by atoms with Crippen LogP contribution in [0.15, 0.2) is 12.1 Å². The van der Waals surface area contributed by atoms with Crippen molar-refractivity contribution >= 4 is 5.97 Å². The molecule has 0 aliphatic carbocycles. The van der Waals surface area contributed by atoms with Crippen molar-refractivity contribution in [2.45, 2.75) is 119 Å². The molecule has 3 heterocycles. The summed E-state index contributed by atoms with van der Waals surface area (Å²) in [5.74, 6) is -1.39. The van der Waals surface area contributed by atoms with Gasteiger partial charge in [-0.2, -0.15) is 0 Å². The summed E-state index contributed by atoms with van der Waals surface area (Å²) in [4.78, 5) is 19.2. The largest absolute Gasteiger partial charge is 0.492 e. The first-order chi connectivity index (χ1) is 20.4. The van der Waals surface area contributed by atoms with Gasteiger partial charge in [0.1, 0.15) is 42.7 Å². The molecule has 0 bridgehead atoms. The van der Waals surface area contributed by atoms with Crippen LogP contribution < -0.4 is 4.84 Å². The molecule has 0 saturated carbocycles. The van der Waals surface area contributed by atoms with Gasteiger partial charge in [0.25, 0.3) is 0 Å². The quantitative estimate of drug-likeness (QED) is 0.0909. The Hall–Kier alpha value is -2.05. The van der Waals surface area contributed by atoms with Crippen molar-refractivity contribution in [3.63, 3.8) is 0 Å². The topological polar surface area (TPSA) is 235 Å². The molecule has 2 aliphatic heterocycles. The number of rotatable bonds is 16. The van der Waals surface area contributed by atoms with Gasteiger partial charge in [-0.15, -0.1) is 4.73 Å². The molecule has 1 aromatic heterocycles. The fourth-order valence-corrected chi connectivity index (χ4v) is 5.58. The Balaban J connectivity index is 1.47. The Bertz CT molecular complexity index is 959. The Labute approximate surface area is 250 Å². The van der Waals surface area contributed by atoms with Gasteiger partial charge in [0, 0.05) is 18.6 Å². The van der Waals surface area contributed by atoms with Gasteiger partial charge < -0.3 is 65.2 Å². The molecular formula is C28H48N2O13. The first-order valence-corrected chi connectivity index (χ1v) is 15.0. The Morgan fingerprint density at radius 3 is 1.84 bits per heavy atom. The van der Waals surface area contributed by atoms with Gasteiger partial charge in [-0.05, 0) is 65.1 Å². The maximum absolute atomic E-state index is 12.1. The van der Waals surface area contributed by atoms with Gasteiger partial charge in [0.2, 0.25) is 11.8 Å². The lowest BCUT2D eigenvalue weighted by atomic mass is 9.92. The zero-order valence-electron chi connectivity index (χ0n) is 24.5. The summed E-state index contributed by atoms with van der Waals surface area (Å²) < 4.78 is 12.0. The average molecular weight is 621 g/mol. The molecular weight excluding hydrogens is 572 g/mol. The first-order valence-electron chi connectivity index (χ1n) is 15.0. The number of hydrogen-bond acceptors (Lipinski definition) is 14. The molecule has 2 saturated heterocycles. The Morgan fingerprint density at radius 1 is 0.744 bits per heavy atom. The van der Waals surface area contributed by atoms with Crippen molar-refractivity contribution in [3.8, 4) is 11.8 Å². The van der Waals surface area contributed by atoms with Gasteiger partial charge >= 0.3 is 5.97 Å². The van der Waals surface area contributed by atoms with Crippen molar-refractivity contribution in [3.05, 3.63) is 12.1 Å². The second-order valence-corrected chi connectivity index (χ2v) is 11.5. The van der Waals surface area contributed by atoms with E-state index in [2.05, 4.69) is 4.90 Å². The standard InChI is InChI=1S/C28H48N2O13/c1-16-23(35)27(39)24(36)17(41-16)7-5-13-29(14-6-8-18-25(37)28(40)26(38)19(15-31)42-18)12-4-2-3-9-22(34)43-30-20(32)10-11-21(30)33/h10-11,16-19,23-28,31-33,35-40H,2-9,12-15H2,1H3/t16-,17-,18+,19+,23+,24+,25+,26+,27+,28+/m0/s1. The molecule has 2 fully saturated rings. The van der Waals surface area contributed by atoms with E-state index in [0.717, 1.165) is 6.42 Å². The molecule has 10 atom stereocenters. The molecule has 248 valence electrons. The van der Waals surface area contributed by atoms with Crippen LogP contribution in [-0.4, -0.2) is 149 Å². The normalized spacial score (nSPS) is 33.1. The van der Waals surface area contributed by atoms with E-state index in [0.29, 0.717) is 62.9 Å². The number of ether oxygens (including phenoxy) is 2. The fraction of sp³-hybridized carbons (Fsp3) is 0.821. The van der Waals surface area contributed by atoms with Gasteiger partial charge in [-0.3, -0.25) is 0 Å². The number of carbonyl (C=O) groups is 1. The Morgan fingerprint density at radius 2 is 1.26 bits per heavy atom. The van der Waals surface area contributed by atoms with Gasteiger partial charge in [-0.25, -0.2) is 4.79 Å². The number of aliphatic hydroxyl groups is 7. The van der Waals surface area contributed by atoms with Crippen molar-refractivity contribution < 1.29 is 65.1 Å². The molecule has 3 rings (SSSR count). The lowest BCUT2D eigenvalue weighted by molar-refractivity contribution is -0.230. The summed E-state index contributed by atoms with van der Waals surface area (Å²) in [5.41, 5.74) is 0. The van der Waals surface area contributed by atoms with E-state index in [4.69, 9.17) is 14.3 Å². The van der Waals surface area contributed by atoms with Crippen LogP contribution in [0, 0.1) is 0 Å². The van der Waals surface area contributed by atoms with Gasteiger partial charge in [0.15, 0.2) is 0 Å². The molecule has 1 aromatic rings. The lowest BCUT2D eigenvalue weighted by Crippen LogP contribution is -2.58. The molecule has 0 radical (unpaired) electrons. The molecule has 43 heavy (non-hydrogen) atoms. The minimum Gasteiger partial charge on any atom is -0.492 e. The third kappa shape index (κ3) is 9.72. The summed E-state index contributed by atoms with van der Waals surface area (Å²) in [6.45, 7) is 3.01. The monoisotopic (exact) mass is 620 g/mol. The van der Waals surface area contributed by atoms with Crippen molar-refractivity contribution in [1.29, 1.82) is 0 Å². The molecule has 0 amide bonds. The summed E-state index contributed by atoms with van der Waals surface area (Å²) in [5, 5.41) is 89.4. The number of aromatic hydroxyl groups is 2. The summed E-state index contributed by atoms with van der Waals surface area (Å²) in [6, 6.07) is 2.39. The number of unbranched alkanes of at least 4 members (excludes halogenated alkanes) is 2. The minimum atomic E-state index is -1.43. The smallest absolute Gasteiger partial charge is 0.333 e. The van der Waals surface area contributed by atoms with E-state index in [-0.39, 0.29) is 6.42 Å². The molecule has 15 nitrogen and oxygen atoms in total. The fourth-order valence-electron chi connectivity index (χ4n) is 5.58. The highest BCUT2D eigenvalue weighted by Crippen LogP contribution is 2.26. The summed E-state index contributed by atoms with van der Waals surface area (Å²) in [7, 11) is 0. The van der Waals surface area contributed by atoms with Crippen LogP contribution in [0.2, 0.25) is 0 Å². The summed E-state index contributed by atoms with van der Waals surface area (Å²) >= 11 is 0. The minimum absolute atomic E-state index is 0.0808. The number of carbonyl (C=O) groups excluding carboxylic acids is 1. The van der Waals surface area contributed by atoms with Crippen LogP contribution in [0.4, 0.5) is 0 Å². The zero-order chi connectivity index (χ0) is 31.7. The highest BCUT2D eigenvalue weighted by molar-refractivity contribution is 5.69. The second kappa shape index (κ2) is 16.9. The van der Waals surface area contributed by atoms with E-state index in [9.17, 15) is 50.8 Å². The zero-order valence-corrected chi connectivity index (χ0v) is 24.5. The van der Waals surface area contributed by atoms with E-state index in [1.165, 1.54) is 12.1 Å². The molecule has 0 aromatic carbocycles. The van der Waals surface area contributed by atoms with Crippen molar-refractivity contribution in [2.24, 2.45) is 0 Å². The maximum atomic E-state index is 12.1. The molecule has 0 unspecified atom stereocenters. The highest BCUT2D eigenvalue weighted by atomic mass is 16.7. The van der Waals surface area contributed by atoms with E-state index < -0.39 is 85.4 Å². The molecule has 9 N–H and O–H groups in total. The third-order valence-electron chi connectivity index (χ3n) is 8.21. The van der Waals surface area contributed by atoms with Crippen LogP contribution >= 0.6 is 0 Å². The highest BCUT2D eigenvalue weighted by Gasteiger charge is 2.43. The second-order valence-electron chi connectivity index (χ2n) is 11.5. The third-order valence-corrected chi connectivity index (χ3v) is 8.21. The SMILES string of the molecule is C[C@@H]1O[C@@H](CCCN(CCCCCC(=O)On2c(O)ccc2O)CCC[C@H]2O[C@H](CO)[C@@H](O)[C@H](O)[C@@H]2O)[C@@H](O)[C@H](O)[C@@H]1O. The molecule has 15 heteroatoms.